The van der Waals surface area contributed by atoms with E-state index in [-0.39, 0.29) is 23.9 Å². The van der Waals surface area contributed by atoms with Gasteiger partial charge in [0.25, 0.3) is 0 Å². The van der Waals surface area contributed by atoms with E-state index in [1.807, 2.05) is 54.1 Å². The van der Waals surface area contributed by atoms with Gasteiger partial charge in [0.1, 0.15) is 6.33 Å². The second-order valence-electron chi connectivity index (χ2n) is 6.64. The van der Waals surface area contributed by atoms with Crippen molar-refractivity contribution < 1.29 is 4.79 Å². The molecule has 6 heteroatoms. The molecule has 0 unspecified atom stereocenters. The average Bonchev–Trinajstić information content (AvgIpc) is 3.10. The standard InChI is InChI=1S/C20H21N5O/c1-13-8-6-7-11-16(13)18-17(14(2)23-20-21-12-22-25(18)20)19(26)24-15-9-4-3-5-10-15/h3-12,14,17-18H,1-2H3,(H,24,26)(H,21,22,23)/t14-,17+,18+/m0/s1. The van der Waals surface area contributed by atoms with E-state index in [1.165, 1.54) is 6.33 Å². The lowest BCUT2D eigenvalue weighted by Gasteiger charge is -2.37. The van der Waals surface area contributed by atoms with Crippen LogP contribution in [0.1, 0.15) is 24.1 Å². The van der Waals surface area contributed by atoms with Crippen molar-refractivity contribution >= 4 is 17.5 Å². The molecule has 4 rings (SSSR count). The fraction of sp³-hybridized carbons (Fsp3) is 0.250. The average molecular weight is 347 g/mol. The number of aryl methyl sites for hydroxylation is 1. The van der Waals surface area contributed by atoms with E-state index in [9.17, 15) is 4.79 Å². The third kappa shape index (κ3) is 2.83. The topological polar surface area (TPSA) is 71.8 Å². The molecule has 0 fully saturated rings. The predicted molar refractivity (Wildman–Crippen MR) is 101 cm³/mol. The summed E-state index contributed by atoms with van der Waals surface area (Å²) in [7, 11) is 0. The Kier molecular flexibility index (Phi) is 4.16. The largest absolute Gasteiger partial charge is 0.351 e. The fourth-order valence-corrected chi connectivity index (χ4v) is 3.64. The first kappa shape index (κ1) is 16.3. The van der Waals surface area contributed by atoms with E-state index in [0.717, 1.165) is 16.8 Å². The first-order valence-electron chi connectivity index (χ1n) is 8.72. The summed E-state index contributed by atoms with van der Waals surface area (Å²) in [6.07, 6.45) is 1.53. The smallest absolute Gasteiger partial charge is 0.232 e. The Hall–Kier alpha value is -3.15. The molecule has 2 aromatic carbocycles. The van der Waals surface area contributed by atoms with Crippen LogP contribution in [0.15, 0.2) is 60.9 Å². The van der Waals surface area contributed by atoms with E-state index in [1.54, 1.807) is 0 Å². The van der Waals surface area contributed by atoms with Gasteiger partial charge in [-0.05, 0) is 37.1 Å². The van der Waals surface area contributed by atoms with Gasteiger partial charge < -0.3 is 10.6 Å². The number of aromatic nitrogens is 3. The molecular formula is C20H21N5O. The zero-order valence-electron chi connectivity index (χ0n) is 14.8. The summed E-state index contributed by atoms with van der Waals surface area (Å²) >= 11 is 0. The van der Waals surface area contributed by atoms with Gasteiger partial charge >= 0.3 is 0 Å². The number of carbonyl (C=O) groups excluding carboxylic acids is 1. The first-order chi connectivity index (χ1) is 12.6. The summed E-state index contributed by atoms with van der Waals surface area (Å²) in [6, 6.07) is 17.4. The number of rotatable bonds is 3. The molecule has 0 aliphatic carbocycles. The number of nitrogens with zero attached hydrogens (tertiary/aromatic N) is 3. The maximum atomic E-state index is 13.2. The van der Waals surface area contributed by atoms with Gasteiger partial charge in [-0.25, -0.2) is 4.68 Å². The SMILES string of the molecule is Cc1ccccc1[C@@H]1[C@H](C(=O)Nc2ccccc2)[C@H](C)Nc2ncnn21. The van der Waals surface area contributed by atoms with Crippen LogP contribution in [0.2, 0.25) is 0 Å². The monoisotopic (exact) mass is 347 g/mol. The molecule has 1 aliphatic heterocycles. The lowest BCUT2D eigenvalue weighted by molar-refractivity contribution is -0.121. The van der Waals surface area contributed by atoms with Gasteiger partial charge in [-0.1, -0.05) is 42.5 Å². The van der Waals surface area contributed by atoms with Gasteiger partial charge in [0.2, 0.25) is 11.9 Å². The Balaban J connectivity index is 1.76. The molecule has 3 aromatic rings. The molecule has 0 radical (unpaired) electrons. The quantitative estimate of drug-likeness (QED) is 0.763. The summed E-state index contributed by atoms with van der Waals surface area (Å²) in [5.41, 5.74) is 3.00. The van der Waals surface area contributed by atoms with E-state index < -0.39 is 0 Å². The highest BCUT2D eigenvalue weighted by molar-refractivity contribution is 5.94. The number of nitrogens with one attached hydrogen (secondary N) is 2. The number of hydrogen-bond donors (Lipinski definition) is 2. The molecule has 1 aliphatic rings. The van der Waals surface area contributed by atoms with Crippen molar-refractivity contribution in [1.82, 2.24) is 14.8 Å². The minimum atomic E-state index is -0.328. The summed E-state index contributed by atoms with van der Waals surface area (Å²) in [6.45, 7) is 4.07. The van der Waals surface area contributed by atoms with Crippen LogP contribution >= 0.6 is 0 Å². The second kappa shape index (κ2) is 6.63. The molecule has 2 N–H and O–H groups in total. The van der Waals surface area contributed by atoms with Crippen molar-refractivity contribution in [2.24, 2.45) is 5.92 Å². The Bertz CT molecular complexity index is 921. The Morgan fingerprint density at radius 1 is 1.12 bits per heavy atom. The molecule has 132 valence electrons. The van der Waals surface area contributed by atoms with Gasteiger partial charge in [-0.3, -0.25) is 4.79 Å². The van der Waals surface area contributed by atoms with Gasteiger partial charge in [0, 0.05) is 11.7 Å². The second-order valence-corrected chi connectivity index (χ2v) is 6.64. The van der Waals surface area contributed by atoms with Crippen LogP contribution in [-0.2, 0) is 4.79 Å². The van der Waals surface area contributed by atoms with E-state index in [0.29, 0.717) is 5.95 Å². The van der Waals surface area contributed by atoms with Gasteiger partial charge in [0.05, 0.1) is 12.0 Å². The van der Waals surface area contributed by atoms with Gasteiger partial charge in [0.15, 0.2) is 0 Å². The van der Waals surface area contributed by atoms with Crippen molar-refractivity contribution in [1.29, 1.82) is 0 Å². The number of carbonyl (C=O) groups is 1. The molecule has 0 saturated carbocycles. The van der Waals surface area contributed by atoms with Crippen LogP contribution in [0.3, 0.4) is 0 Å². The minimum absolute atomic E-state index is 0.0365. The van der Waals surface area contributed by atoms with Crippen LogP contribution < -0.4 is 10.6 Å². The molecule has 0 saturated heterocycles. The van der Waals surface area contributed by atoms with E-state index in [4.69, 9.17) is 0 Å². The van der Waals surface area contributed by atoms with E-state index in [2.05, 4.69) is 39.8 Å². The number of anilines is 2. The molecule has 6 nitrogen and oxygen atoms in total. The van der Waals surface area contributed by atoms with Crippen molar-refractivity contribution in [3.05, 3.63) is 72.1 Å². The van der Waals surface area contributed by atoms with Crippen LogP contribution in [0.25, 0.3) is 0 Å². The van der Waals surface area contributed by atoms with Crippen LogP contribution in [0.4, 0.5) is 11.6 Å². The van der Waals surface area contributed by atoms with Crippen molar-refractivity contribution in [3.8, 4) is 0 Å². The van der Waals surface area contributed by atoms with Crippen LogP contribution in [0.5, 0.6) is 0 Å². The number of hydrogen-bond acceptors (Lipinski definition) is 4. The Morgan fingerprint density at radius 2 is 1.85 bits per heavy atom. The van der Waals surface area contributed by atoms with Crippen molar-refractivity contribution in [2.45, 2.75) is 25.9 Å². The highest BCUT2D eigenvalue weighted by Gasteiger charge is 2.41. The fourth-order valence-electron chi connectivity index (χ4n) is 3.64. The third-order valence-corrected chi connectivity index (χ3v) is 4.92. The summed E-state index contributed by atoms with van der Waals surface area (Å²) in [4.78, 5) is 17.5. The summed E-state index contributed by atoms with van der Waals surface area (Å²) < 4.78 is 1.82. The van der Waals surface area contributed by atoms with Gasteiger partial charge in [-0.2, -0.15) is 10.1 Å². The molecule has 2 heterocycles. The Morgan fingerprint density at radius 3 is 2.62 bits per heavy atom. The van der Waals surface area contributed by atoms with E-state index >= 15 is 0 Å². The van der Waals surface area contributed by atoms with Crippen molar-refractivity contribution in [2.75, 3.05) is 10.6 Å². The van der Waals surface area contributed by atoms with Gasteiger partial charge in [-0.15, -0.1) is 0 Å². The maximum Gasteiger partial charge on any atom is 0.232 e. The zero-order chi connectivity index (χ0) is 18.1. The number of para-hydroxylation sites is 1. The summed E-state index contributed by atoms with van der Waals surface area (Å²) in [5.74, 6) is 0.325. The molecule has 0 spiro atoms. The molecule has 1 aromatic heterocycles. The molecule has 1 amide bonds. The maximum absolute atomic E-state index is 13.2. The number of fused-ring (bicyclic) bond motifs is 1. The first-order valence-corrected chi connectivity index (χ1v) is 8.72. The number of amides is 1. The predicted octanol–water partition coefficient (Wildman–Crippen LogP) is 3.24. The molecular weight excluding hydrogens is 326 g/mol. The molecule has 0 bridgehead atoms. The summed E-state index contributed by atoms with van der Waals surface area (Å²) in [5, 5.41) is 10.7. The zero-order valence-corrected chi connectivity index (χ0v) is 14.8. The van der Waals surface area contributed by atoms with Crippen molar-refractivity contribution in [3.63, 3.8) is 0 Å². The third-order valence-electron chi connectivity index (χ3n) is 4.92. The highest BCUT2D eigenvalue weighted by atomic mass is 16.2. The lowest BCUT2D eigenvalue weighted by Crippen LogP contribution is -2.46. The van der Waals surface area contributed by atoms with Crippen LogP contribution in [0, 0.1) is 12.8 Å². The highest BCUT2D eigenvalue weighted by Crippen LogP contribution is 2.37. The molecule has 3 atom stereocenters. The normalized spacial score (nSPS) is 21.5. The number of benzene rings is 2. The Labute approximate surface area is 152 Å². The van der Waals surface area contributed by atoms with Crippen LogP contribution in [-0.4, -0.2) is 26.7 Å². The lowest BCUT2D eigenvalue weighted by atomic mass is 9.84. The molecule has 26 heavy (non-hydrogen) atoms. The minimum Gasteiger partial charge on any atom is -0.351 e.